The van der Waals surface area contributed by atoms with Gasteiger partial charge in [-0.15, -0.1) is 11.8 Å². The molecule has 0 saturated heterocycles. The van der Waals surface area contributed by atoms with Gasteiger partial charge < -0.3 is 4.74 Å². The van der Waals surface area contributed by atoms with Crippen molar-refractivity contribution in [3.63, 3.8) is 0 Å². The summed E-state index contributed by atoms with van der Waals surface area (Å²) >= 11 is 1.71. The van der Waals surface area contributed by atoms with Crippen molar-refractivity contribution in [1.29, 1.82) is 0 Å². The number of unbranched alkanes of at least 4 members (excludes halogenated alkanes) is 3. The highest BCUT2D eigenvalue weighted by Crippen LogP contribution is 2.18. The Bertz CT molecular complexity index is 989. The molecule has 0 heterocycles. The fourth-order valence-electron chi connectivity index (χ4n) is 2.85. The average molecular weight is 459 g/mol. The highest BCUT2D eigenvalue weighted by atomic mass is 32.2. The molecule has 0 saturated carbocycles. The average Bonchev–Trinajstić information content (AvgIpc) is 2.77. The van der Waals surface area contributed by atoms with Crippen molar-refractivity contribution in [3.8, 4) is 0 Å². The minimum atomic E-state index is -3.29. The fraction of sp³-hybridized carbons (Fsp3) is 0.320. The number of sulfone groups is 1. The molecule has 4 nitrogen and oxygen atoms in total. The van der Waals surface area contributed by atoms with Crippen molar-refractivity contribution in [2.75, 3.05) is 18.6 Å². The summed E-state index contributed by atoms with van der Waals surface area (Å²) in [5.74, 6) is -0.260. The van der Waals surface area contributed by atoms with E-state index in [4.69, 9.17) is 4.74 Å². The van der Waals surface area contributed by atoms with E-state index < -0.39 is 9.84 Å². The third kappa shape index (κ3) is 8.75. The Hall–Kier alpha value is -2.31. The van der Waals surface area contributed by atoms with Gasteiger partial charge in [-0.05, 0) is 61.4 Å². The minimum Gasteiger partial charge on any atom is -0.462 e. The Labute approximate surface area is 190 Å². The lowest BCUT2D eigenvalue weighted by molar-refractivity contribution is -0.139. The summed E-state index contributed by atoms with van der Waals surface area (Å²) in [5.41, 5.74) is 2.44. The molecule has 6 heteroatoms. The van der Waals surface area contributed by atoms with Crippen molar-refractivity contribution in [2.45, 2.75) is 42.4 Å². The summed E-state index contributed by atoms with van der Waals surface area (Å²) in [4.78, 5) is 12.8. The van der Waals surface area contributed by atoms with Crippen LogP contribution >= 0.6 is 11.8 Å². The van der Waals surface area contributed by atoms with Crippen molar-refractivity contribution in [2.24, 2.45) is 0 Å². The zero-order chi connectivity index (χ0) is 22.7. The molecule has 166 valence electrons. The molecular formula is C25H30O4S2. The summed E-state index contributed by atoms with van der Waals surface area (Å²) in [6.45, 7) is 5.48. The molecule has 0 radical (unpaired) electrons. The van der Waals surface area contributed by atoms with E-state index in [1.165, 1.54) is 4.90 Å². The number of rotatable bonds is 12. The van der Waals surface area contributed by atoms with Gasteiger partial charge in [-0.25, -0.2) is 13.2 Å². The Morgan fingerprint density at radius 1 is 0.935 bits per heavy atom. The molecule has 0 N–H and O–H groups in total. The Kier molecular flexibility index (Phi) is 10.1. The molecular weight excluding hydrogens is 428 g/mol. The maximum Gasteiger partial charge on any atom is 0.333 e. The Morgan fingerprint density at radius 2 is 1.48 bits per heavy atom. The number of esters is 1. The Morgan fingerprint density at radius 3 is 2.03 bits per heavy atom. The first kappa shape index (κ1) is 25.0. The summed E-state index contributed by atoms with van der Waals surface area (Å²) in [6, 6.07) is 15.3. The van der Waals surface area contributed by atoms with Crippen LogP contribution in [0.15, 0.2) is 70.5 Å². The van der Waals surface area contributed by atoms with Gasteiger partial charge in [0, 0.05) is 10.5 Å². The van der Waals surface area contributed by atoms with E-state index in [9.17, 15) is 13.2 Å². The number of hydrogen-bond donors (Lipinski definition) is 0. The lowest BCUT2D eigenvalue weighted by Crippen LogP contribution is -2.08. The van der Waals surface area contributed by atoms with Crippen molar-refractivity contribution < 1.29 is 17.9 Å². The quantitative estimate of drug-likeness (QED) is 0.128. The lowest BCUT2D eigenvalue weighted by atomic mass is 10.1. The van der Waals surface area contributed by atoms with Crippen LogP contribution in [0.4, 0.5) is 0 Å². The first-order valence-electron chi connectivity index (χ1n) is 10.3. The molecule has 0 amide bonds. The van der Waals surface area contributed by atoms with Crippen LogP contribution < -0.4 is 0 Å². The van der Waals surface area contributed by atoms with Gasteiger partial charge in [0.05, 0.1) is 17.3 Å². The van der Waals surface area contributed by atoms with Crippen LogP contribution in [0.2, 0.25) is 0 Å². The standard InChI is InChI=1S/C25H30O4S2/c1-20(2)25(26)29-18-6-4-5-7-19-31(27,28)24-16-12-22(13-17-24)9-8-21-10-14-23(30-3)15-11-21/h8-17H,1,4-7,18-19H2,2-3H3. The largest absolute Gasteiger partial charge is 0.462 e. The van der Waals surface area contributed by atoms with E-state index in [1.54, 1.807) is 30.8 Å². The number of carbonyl (C=O) groups is 1. The van der Waals surface area contributed by atoms with Crippen LogP contribution in [0.25, 0.3) is 12.2 Å². The van der Waals surface area contributed by atoms with E-state index in [2.05, 4.69) is 30.8 Å². The Balaban J connectivity index is 1.78. The van der Waals surface area contributed by atoms with E-state index in [0.717, 1.165) is 30.4 Å². The third-order valence-corrected chi connectivity index (χ3v) is 7.27. The summed E-state index contributed by atoms with van der Waals surface area (Å²) < 4.78 is 30.1. The monoisotopic (exact) mass is 458 g/mol. The van der Waals surface area contributed by atoms with Crippen molar-refractivity contribution in [1.82, 2.24) is 0 Å². The smallest absolute Gasteiger partial charge is 0.333 e. The molecule has 0 spiro atoms. The van der Waals surface area contributed by atoms with Gasteiger partial charge in [-0.3, -0.25) is 0 Å². The molecule has 0 aliphatic rings. The van der Waals surface area contributed by atoms with Crippen LogP contribution in [0, 0.1) is 0 Å². The highest BCUT2D eigenvalue weighted by Gasteiger charge is 2.13. The van der Waals surface area contributed by atoms with Crippen LogP contribution in [-0.4, -0.2) is 33.0 Å². The first-order valence-corrected chi connectivity index (χ1v) is 13.2. The fourth-order valence-corrected chi connectivity index (χ4v) is 4.63. The molecule has 0 aliphatic heterocycles. The van der Waals surface area contributed by atoms with Gasteiger partial charge in [0.25, 0.3) is 0 Å². The van der Waals surface area contributed by atoms with Gasteiger partial charge in [-0.1, -0.05) is 55.8 Å². The van der Waals surface area contributed by atoms with Crippen molar-refractivity contribution in [3.05, 3.63) is 71.8 Å². The second-order valence-electron chi connectivity index (χ2n) is 7.32. The van der Waals surface area contributed by atoms with Crippen LogP contribution in [0.1, 0.15) is 43.7 Å². The molecule has 0 aromatic heterocycles. The zero-order valence-corrected chi connectivity index (χ0v) is 19.8. The number of thioether (sulfide) groups is 1. The molecule has 0 aliphatic carbocycles. The second-order valence-corrected chi connectivity index (χ2v) is 10.3. The third-order valence-electron chi connectivity index (χ3n) is 4.71. The molecule has 0 unspecified atom stereocenters. The second kappa shape index (κ2) is 12.5. The zero-order valence-electron chi connectivity index (χ0n) is 18.2. The summed E-state index contributed by atoms with van der Waals surface area (Å²) in [6.07, 6.45) is 8.95. The molecule has 0 fully saturated rings. The lowest BCUT2D eigenvalue weighted by Gasteiger charge is -2.06. The summed E-state index contributed by atoms with van der Waals surface area (Å²) in [5, 5.41) is 0. The van der Waals surface area contributed by atoms with E-state index in [0.29, 0.717) is 23.5 Å². The maximum absolute atomic E-state index is 12.5. The number of ether oxygens (including phenoxy) is 1. The molecule has 2 rings (SSSR count). The molecule has 0 atom stereocenters. The van der Waals surface area contributed by atoms with Gasteiger partial charge >= 0.3 is 5.97 Å². The van der Waals surface area contributed by atoms with Gasteiger partial charge in [-0.2, -0.15) is 0 Å². The first-order chi connectivity index (χ1) is 14.8. The van der Waals surface area contributed by atoms with Crippen LogP contribution in [0.5, 0.6) is 0 Å². The van der Waals surface area contributed by atoms with E-state index in [-0.39, 0.29) is 11.7 Å². The predicted octanol–water partition coefficient (Wildman–Crippen LogP) is 6.03. The van der Waals surface area contributed by atoms with E-state index >= 15 is 0 Å². The number of benzene rings is 2. The molecule has 2 aromatic carbocycles. The number of carbonyl (C=O) groups excluding carboxylic acids is 1. The minimum absolute atomic E-state index is 0.121. The molecule has 2 aromatic rings. The van der Waals surface area contributed by atoms with Gasteiger partial charge in [0.1, 0.15) is 0 Å². The summed E-state index contributed by atoms with van der Waals surface area (Å²) in [7, 11) is -3.29. The van der Waals surface area contributed by atoms with Crippen LogP contribution in [0.3, 0.4) is 0 Å². The van der Waals surface area contributed by atoms with Crippen LogP contribution in [-0.2, 0) is 19.4 Å². The van der Waals surface area contributed by atoms with Gasteiger partial charge in [0.15, 0.2) is 9.84 Å². The predicted molar refractivity (Wildman–Crippen MR) is 130 cm³/mol. The SMILES string of the molecule is C=C(C)C(=O)OCCCCCCS(=O)(=O)c1ccc(C=Cc2ccc(SC)cc2)cc1. The topological polar surface area (TPSA) is 60.4 Å². The maximum atomic E-state index is 12.5. The van der Waals surface area contributed by atoms with E-state index in [1.807, 2.05) is 30.5 Å². The number of hydrogen-bond acceptors (Lipinski definition) is 5. The van der Waals surface area contributed by atoms with Crippen molar-refractivity contribution >= 4 is 39.7 Å². The molecule has 31 heavy (non-hydrogen) atoms. The molecule has 0 bridgehead atoms. The normalized spacial score (nSPS) is 11.5. The highest BCUT2D eigenvalue weighted by molar-refractivity contribution is 7.98. The van der Waals surface area contributed by atoms with Gasteiger partial charge in [0.2, 0.25) is 0 Å².